The second kappa shape index (κ2) is 10.2. The molecule has 0 amide bonds. The van der Waals surface area contributed by atoms with Gasteiger partial charge in [0.05, 0.1) is 11.1 Å². The molecule has 3 atom stereocenters. The molecule has 1 aliphatic heterocycles. The van der Waals surface area contributed by atoms with Crippen LogP contribution in [0.1, 0.15) is 38.9 Å². The standard InChI is InChI=1S/C24H19F3N2O7/c25-24(26,27)16-12-29(23(33)28-20(16)30)19-11-17(36-22(32)15-9-5-2-6-10-15)18(35-19)13-34-21(31)14-7-3-1-4-8-14/h1-10,12,17-19H,11,13H2,(H,28,30,33)/t17-,18?,19-/m1/s1. The van der Waals surface area contributed by atoms with Crippen molar-refractivity contribution < 1.29 is 37.0 Å². The Morgan fingerprint density at radius 2 is 1.56 bits per heavy atom. The van der Waals surface area contributed by atoms with Crippen molar-refractivity contribution in [3.05, 3.63) is 104 Å². The highest BCUT2D eigenvalue weighted by molar-refractivity contribution is 5.90. The molecule has 0 aliphatic carbocycles. The Kier molecular flexibility index (Phi) is 7.06. The van der Waals surface area contributed by atoms with E-state index in [1.54, 1.807) is 41.4 Å². The number of aromatic amines is 1. The third-order valence-electron chi connectivity index (χ3n) is 5.42. The summed E-state index contributed by atoms with van der Waals surface area (Å²) in [5, 5.41) is 0. The molecule has 36 heavy (non-hydrogen) atoms. The summed E-state index contributed by atoms with van der Waals surface area (Å²) in [6.07, 6.45) is -8.45. The molecule has 1 aliphatic rings. The van der Waals surface area contributed by atoms with Gasteiger partial charge in [-0.15, -0.1) is 0 Å². The molecule has 1 aromatic heterocycles. The molecule has 4 rings (SSSR count). The topological polar surface area (TPSA) is 117 Å². The summed E-state index contributed by atoms with van der Waals surface area (Å²) in [7, 11) is 0. The number of nitrogens with zero attached hydrogens (tertiary/aromatic N) is 1. The molecule has 1 fully saturated rings. The summed E-state index contributed by atoms with van der Waals surface area (Å²) in [6.45, 7) is -0.415. The third-order valence-corrected chi connectivity index (χ3v) is 5.42. The number of rotatable bonds is 6. The summed E-state index contributed by atoms with van der Waals surface area (Å²) >= 11 is 0. The van der Waals surface area contributed by atoms with Crippen LogP contribution in [-0.2, 0) is 20.4 Å². The van der Waals surface area contributed by atoms with Gasteiger partial charge in [0.25, 0.3) is 5.56 Å². The molecule has 0 bridgehead atoms. The van der Waals surface area contributed by atoms with Gasteiger partial charge in [-0.25, -0.2) is 14.4 Å². The van der Waals surface area contributed by atoms with Gasteiger partial charge in [-0.3, -0.25) is 14.3 Å². The van der Waals surface area contributed by atoms with E-state index in [0.717, 1.165) is 0 Å². The zero-order valence-electron chi connectivity index (χ0n) is 18.4. The molecule has 0 radical (unpaired) electrons. The molecule has 0 saturated carbocycles. The van der Waals surface area contributed by atoms with Gasteiger partial charge >= 0.3 is 23.8 Å². The molecule has 188 valence electrons. The zero-order valence-corrected chi connectivity index (χ0v) is 18.4. The minimum Gasteiger partial charge on any atom is -0.459 e. The van der Waals surface area contributed by atoms with E-state index in [-0.39, 0.29) is 17.5 Å². The van der Waals surface area contributed by atoms with Crippen molar-refractivity contribution in [2.45, 2.75) is 31.0 Å². The Balaban J connectivity index is 1.58. The first-order chi connectivity index (χ1) is 17.1. The number of carbonyl (C=O) groups is 2. The SMILES string of the molecule is O=C(OCC1O[C@@H](n2cc(C(F)(F)F)c(=O)[nH]c2=O)C[C@H]1OC(=O)c1ccccc1)c1ccccc1. The second-order valence-electron chi connectivity index (χ2n) is 7.85. The Labute approximate surface area is 201 Å². The first-order valence-corrected chi connectivity index (χ1v) is 10.7. The van der Waals surface area contributed by atoms with Crippen molar-refractivity contribution in [2.75, 3.05) is 6.61 Å². The van der Waals surface area contributed by atoms with Crippen LogP contribution in [0.2, 0.25) is 0 Å². The summed E-state index contributed by atoms with van der Waals surface area (Å²) in [5.74, 6) is -1.44. The van der Waals surface area contributed by atoms with Crippen LogP contribution < -0.4 is 11.2 Å². The number of alkyl halides is 3. The number of ether oxygens (including phenoxy) is 3. The predicted molar refractivity (Wildman–Crippen MR) is 117 cm³/mol. The zero-order chi connectivity index (χ0) is 25.9. The van der Waals surface area contributed by atoms with Gasteiger partial charge in [0, 0.05) is 12.6 Å². The Morgan fingerprint density at radius 1 is 0.972 bits per heavy atom. The smallest absolute Gasteiger partial charge is 0.423 e. The highest BCUT2D eigenvalue weighted by Crippen LogP contribution is 2.32. The molecule has 2 heterocycles. The van der Waals surface area contributed by atoms with E-state index < -0.39 is 60.0 Å². The fraction of sp³-hybridized carbons (Fsp3) is 0.250. The van der Waals surface area contributed by atoms with E-state index >= 15 is 0 Å². The van der Waals surface area contributed by atoms with Crippen LogP contribution in [0.5, 0.6) is 0 Å². The number of hydrogen-bond donors (Lipinski definition) is 1. The van der Waals surface area contributed by atoms with E-state index in [1.807, 2.05) is 0 Å². The number of aromatic nitrogens is 2. The maximum Gasteiger partial charge on any atom is 0.423 e. The minimum absolute atomic E-state index is 0.210. The molecule has 1 N–H and O–H groups in total. The largest absolute Gasteiger partial charge is 0.459 e. The van der Waals surface area contributed by atoms with Crippen molar-refractivity contribution in [2.24, 2.45) is 0 Å². The molecule has 3 aromatic rings. The van der Waals surface area contributed by atoms with E-state index in [2.05, 4.69) is 0 Å². The Morgan fingerprint density at radius 3 is 2.14 bits per heavy atom. The second-order valence-corrected chi connectivity index (χ2v) is 7.85. The van der Waals surface area contributed by atoms with E-state index in [4.69, 9.17) is 14.2 Å². The normalized spacial score (nSPS) is 19.6. The van der Waals surface area contributed by atoms with Crippen LogP contribution in [-0.4, -0.2) is 40.3 Å². The van der Waals surface area contributed by atoms with Crippen LogP contribution in [0.4, 0.5) is 13.2 Å². The fourth-order valence-corrected chi connectivity index (χ4v) is 3.64. The maximum absolute atomic E-state index is 13.2. The third kappa shape index (κ3) is 5.54. The first-order valence-electron chi connectivity index (χ1n) is 10.7. The van der Waals surface area contributed by atoms with Crippen LogP contribution in [0.3, 0.4) is 0 Å². The molecular formula is C24H19F3N2O7. The molecule has 9 nitrogen and oxygen atoms in total. The highest BCUT2D eigenvalue weighted by Gasteiger charge is 2.42. The van der Waals surface area contributed by atoms with Gasteiger partial charge in [0.15, 0.2) is 0 Å². The van der Waals surface area contributed by atoms with Crippen molar-refractivity contribution in [3.8, 4) is 0 Å². The van der Waals surface area contributed by atoms with Crippen LogP contribution in [0, 0.1) is 0 Å². The first kappa shape index (κ1) is 24.9. The van der Waals surface area contributed by atoms with Gasteiger partial charge in [-0.05, 0) is 24.3 Å². The van der Waals surface area contributed by atoms with Crippen molar-refractivity contribution >= 4 is 11.9 Å². The summed E-state index contributed by atoms with van der Waals surface area (Å²) in [4.78, 5) is 50.5. The van der Waals surface area contributed by atoms with Gasteiger partial charge in [0.2, 0.25) is 0 Å². The van der Waals surface area contributed by atoms with Crippen LogP contribution in [0.25, 0.3) is 0 Å². The lowest BCUT2D eigenvalue weighted by molar-refractivity contribution is -0.139. The Bertz CT molecular complexity index is 1350. The van der Waals surface area contributed by atoms with Gasteiger partial charge in [-0.1, -0.05) is 36.4 Å². The monoisotopic (exact) mass is 504 g/mol. The molecular weight excluding hydrogens is 485 g/mol. The lowest BCUT2D eigenvalue weighted by Gasteiger charge is -2.19. The molecule has 1 unspecified atom stereocenters. The lowest BCUT2D eigenvalue weighted by atomic mass is 10.1. The lowest BCUT2D eigenvalue weighted by Crippen LogP contribution is -2.36. The van der Waals surface area contributed by atoms with Crippen molar-refractivity contribution in [1.29, 1.82) is 0 Å². The van der Waals surface area contributed by atoms with Crippen molar-refractivity contribution in [1.82, 2.24) is 9.55 Å². The van der Waals surface area contributed by atoms with E-state index in [9.17, 15) is 32.3 Å². The average molecular weight is 504 g/mol. The quantitative estimate of drug-likeness (QED) is 0.513. The predicted octanol–water partition coefficient (Wildman–Crippen LogP) is 2.93. The maximum atomic E-state index is 13.2. The number of halogens is 3. The molecule has 0 spiro atoms. The van der Waals surface area contributed by atoms with Crippen LogP contribution in [0.15, 0.2) is 76.4 Å². The average Bonchev–Trinajstić information content (AvgIpc) is 3.24. The molecule has 1 saturated heterocycles. The van der Waals surface area contributed by atoms with E-state index in [1.165, 1.54) is 24.3 Å². The molecule has 12 heteroatoms. The van der Waals surface area contributed by atoms with Crippen molar-refractivity contribution in [3.63, 3.8) is 0 Å². The number of carbonyl (C=O) groups excluding carboxylic acids is 2. The Hall–Kier alpha value is -4.19. The number of nitrogens with one attached hydrogen (secondary N) is 1. The fourth-order valence-electron chi connectivity index (χ4n) is 3.64. The van der Waals surface area contributed by atoms with E-state index in [0.29, 0.717) is 10.8 Å². The number of hydrogen-bond acceptors (Lipinski definition) is 7. The van der Waals surface area contributed by atoms with Gasteiger partial charge < -0.3 is 14.2 Å². The molecule has 2 aromatic carbocycles. The van der Waals surface area contributed by atoms with Gasteiger partial charge in [0.1, 0.15) is 30.6 Å². The summed E-state index contributed by atoms with van der Waals surface area (Å²) in [6, 6.07) is 15.9. The summed E-state index contributed by atoms with van der Waals surface area (Å²) < 4.78 is 56.7. The highest BCUT2D eigenvalue weighted by atomic mass is 19.4. The number of H-pyrrole nitrogens is 1. The minimum atomic E-state index is -5.02. The summed E-state index contributed by atoms with van der Waals surface area (Å²) in [5.41, 5.74) is -3.88. The number of benzene rings is 2. The van der Waals surface area contributed by atoms with Crippen LogP contribution >= 0.6 is 0 Å². The number of esters is 2. The van der Waals surface area contributed by atoms with Gasteiger partial charge in [-0.2, -0.15) is 13.2 Å².